The molecule has 1 aromatic carbocycles. The molecule has 114 valence electrons. The lowest BCUT2D eigenvalue weighted by atomic mass is 10.1. The van der Waals surface area contributed by atoms with Crippen molar-refractivity contribution in [2.24, 2.45) is 5.73 Å². The first-order chi connectivity index (χ1) is 8.67. The minimum atomic E-state index is -3.52. The molecule has 1 unspecified atom stereocenters. The van der Waals surface area contributed by atoms with Gasteiger partial charge in [0.25, 0.3) is 0 Å². The monoisotopic (exact) mass is 320 g/mol. The first-order valence-electron chi connectivity index (χ1n) is 6.25. The van der Waals surface area contributed by atoms with Gasteiger partial charge in [0.1, 0.15) is 11.9 Å². The second kappa shape index (κ2) is 5.89. The van der Waals surface area contributed by atoms with E-state index in [-0.39, 0.29) is 30.0 Å². The fraction of sp³-hybridized carbons (Fsp3) is 0.538. The highest BCUT2D eigenvalue weighted by molar-refractivity contribution is 7.89. The number of hydrogen-bond acceptors (Lipinski definition) is 4. The summed E-state index contributed by atoms with van der Waals surface area (Å²) in [6.45, 7) is 5.70. The van der Waals surface area contributed by atoms with E-state index in [0.29, 0.717) is 0 Å². The molecule has 0 radical (unpaired) electrons. The SMILES string of the molecule is CC1Cc2cc(S(=O)(=O)NCC(C)(C)N)ccc2O1.Cl. The number of sulfonamides is 1. The summed E-state index contributed by atoms with van der Waals surface area (Å²) in [5.41, 5.74) is 6.13. The molecule has 2 rings (SSSR count). The first-order valence-corrected chi connectivity index (χ1v) is 7.74. The van der Waals surface area contributed by atoms with Crippen LogP contribution in [0.1, 0.15) is 26.3 Å². The summed E-state index contributed by atoms with van der Waals surface area (Å²) in [6.07, 6.45) is 0.838. The van der Waals surface area contributed by atoms with Crippen LogP contribution in [-0.2, 0) is 16.4 Å². The number of ether oxygens (including phenoxy) is 1. The van der Waals surface area contributed by atoms with Crippen LogP contribution in [0.3, 0.4) is 0 Å². The second-order valence-electron chi connectivity index (χ2n) is 5.72. The van der Waals surface area contributed by atoms with Crippen LogP contribution >= 0.6 is 12.4 Å². The number of rotatable bonds is 4. The van der Waals surface area contributed by atoms with Crippen LogP contribution in [0, 0.1) is 0 Å². The Bertz CT molecular complexity index is 582. The van der Waals surface area contributed by atoms with E-state index in [1.54, 1.807) is 32.0 Å². The molecule has 0 aliphatic carbocycles. The highest BCUT2D eigenvalue weighted by Crippen LogP contribution is 2.30. The lowest BCUT2D eigenvalue weighted by Crippen LogP contribution is -2.45. The molecule has 0 fully saturated rings. The van der Waals surface area contributed by atoms with E-state index in [0.717, 1.165) is 17.7 Å². The number of halogens is 1. The molecule has 1 atom stereocenters. The predicted molar refractivity (Wildman–Crippen MR) is 80.9 cm³/mol. The Labute approximate surface area is 126 Å². The van der Waals surface area contributed by atoms with Crippen molar-refractivity contribution in [2.45, 2.75) is 43.7 Å². The molecule has 7 heteroatoms. The number of nitrogens with one attached hydrogen (secondary N) is 1. The van der Waals surface area contributed by atoms with Gasteiger partial charge in [0.15, 0.2) is 0 Å². The molecule has 0 amide bonds. The van der Waals surface area contributed by atoms with Crippen molar-refractivity contribution in [3.63, 3.8) is 0 Å². The number of fused-ring (bicyclic) bond motifs is 1. The third-order valence-corrected chi connectivity index (χ3v) is 4.29. The average Bonchev–Trinajstić information content (AvgIpc) is 2.64. The molecule has 0 aromatic heterocycles. The Morgan fingerprint density at radius 2 is 2.10 bits per heavy atom. The standard InChI is InChI=1S/C13H20N2O3S.ClH/c1-9-6-10-7-11(4-5-12(10)18-9)19(16,17)15-8-13(2,3)14;/h4-5,7,9,15H,6,8,14H2,1-3H3;1H. The van der Waals surface area contributed by atoms with Gasteiger partial charge in [-0.2, -0.15) is 0 Å². The van der Waals surface area contributed by atoms with E-state index >= 15 is 0 Å². The van der Waals surface area contributed by atoms with Gasteiger partial charge in [-0.25, -0.2) is 13.1 Å². The summed E-state index contributed by atoms with van der Waals surface area (Å²) in [6, 6.07) is 4.94. The van der Waals surface area contributed by atoms with Crippen LogP contribution in [0.25, 0.3) is 0 Å². The summed E-state index contributed by atoms with van der Waals surface area (Å²) in [5, 5.41) is 0. The normalized spacial score (nSPS) is 18.1. The van der Waals surface area contributed by atoms with E-state index in [9.17, 15) is 8.42 Å². The molecule has 1 aliphatic heterocycles. The highest BCUT2D eigenvalue weighted by atomic mass is 35.5. The fourth-order valence-electron chi connectivity index (χ4n) is 1.93. The minimum absolute atomic E-state index is 0. The van der Waals surface area contributed by atoms with E-state index in [4.69, 9.17) is 10.5 Å². The van der Waals surface area contributed by atoms with E-state index in [2.05, 4.69) is 4.72 Å². The number of hydrogen-bond donors (Lipinski definition) is 2. The topological polar surface area (TPSA) is 81.4 Å². The van der Waals surface area contributed by atoms with Crippen LogP contribution in [0.4, 0.5) is 0 Å². The van der Waals surface area contributed by atoms with Crippen molar-refractivity contribution >= 4 is 22.4 Å². The molecule has 5 nitrogen and oxygen atoms in total. The zero-order valence-corrected chi connectivity index (χ0v) is 13.5. The molecule has 1 aliphatic rings. The Morgan fingerprint density at radius 1 is 1.45 bits per heavy atom. The molecule has 0 saturated heterocycles. The fourth-order valence-corrected chi connectivity index (χ4v) is 3.20. The van der Waals surface area contributed by atoms with Gasteiger partial charge in [0, 0.05) is 18.5 Å². The van der Waals surface area contributed by atoms with Gasteiger partial charge in [0.2, 0.25) is 10.0 Å². The lowest BCUT2D eigenvalue weighted by Gasteiger charge is -2.19. The van der Waals surface area contributed by atoms with Crippen molar-refractivity contribution in [3.05, 3.63) is 23.8 Å². The van der Waals surface area contributed by atoms with Crippen LogP contribution in [0.5, 0.6) is 5.75 Å². The molecule has 1 heterocycles. The molecule has 0 saturated carbocycles. The Morgan fingerprint density at radius 3 is 2.70 bits per heavy atom. The van der Waals surface area contributed by atoms with Crippen LogP contribution in [0.2, 0.25) is 0 Å². The van der Waals surface area contributed by atoms with Gasteiger partial charge in [-0.15, -0.1) is 12.4 Å². The van der Waals surface area contributed by atoms with Gasteiger partial charge in [-0.05, 0) is 44.5 Å². The summed E-state index contributed by atoms with van der Waals surface area (Å²) in [7, 11) is -3.52. The minimum Gasteiger partial charge on any atom is -0.490 e. The maximum Gasteiger partial charge on any atom is 0.240 e. The van der Waals surface area contributed by atoms with Gasteiger partial charge in [-0.3, -0.25) is 0 Å². The maximum absolute atomic E-state index is 12.2. The van der Waals surface area contributed by atoms with Crippen molar-refractivity contribution in [1.29, 1.82) is 0 Å². The highest BCUT2D eigenvalue weighted by Gasteiger charge is 2.23. The van der Waals surface area contributed by atoms with Gasteiger partial charge < -0.3 is 10.5 Å². The Hall–Kier alpha value is -0.820. The van der Waals surface area contributed by atoms with E-state index in [1.807, 2.05) is 6.92 Å². The number of nitrogens with two attached hydrogens (primary N) is 1. The van der Waals surface area contributed by atoms with Crippen LogP contribution < -0.4 is 15.2 Å². The molecule has 0 bridgehead atoms. The molecular weight excluding hydrogens is 300 g/mol. The van der Waals surface area contributed by atoms with Gasteiger partial charge in [0.05, 0.1) is 4.90 Å². The van der Waals surface area contributed by atoms with Crippen molar-refractivity contribution in [3.8, 4) is 5.75 Å². The van der Waals surface area contributed by atoms with Gasteiger partial charge >= 0.3 is 0 Å². The lowest BCUT2D eigenvalue weighted by molar-refractivity contribution is 0.254. The third-order valence-electron chi connectivity index (χ3n) is 2.90. The smallest absolute Gasteiger partial charge is 0.240 e. The summed E-state index contributed by atoms with van der Waals surface area (Å²) in [4.78, 5) is 0.258. The summed E-state index contributed by atoms with van der Waals surface area (Å²) in [5.74, 6) is 0.769. The largest absolute Gasteiger partial charge is 0.490 e. The summed E-state index contributed by atoms with van der Waals surface area (Å²) >= 11 is 0. The van der Waals surface area contributed by atoms with Crippen molar-refractivity contribution < 1.29 is 13.2 Å². The maximum atomic E-state index is 12.2. The molecule has 3 N–H and O–H groups in total. The van der Waals surface area contributed by atoms with Crippen LogP contribution in [0.15, 0.2) is 23.1 Å². The Balaban J connectivity index is 0.00000200. The van der Waals surface area contributed by atoms with E-state index < -0.39 is 15.6 Å². The summed E-state index contributed by atoms with van der Waals surface area (Å²) < 4.78 is 32.4. The van der Waals surface area contributed by atoms with Crippen LogP contribution in [-0.4, -0.2) is 26.6 Å². The third kappa shape index (κ3) is 4.09. The molecule has 1 aromatic rings. The first kappa shape index (κ1) is 17.2. The van der Waals surface area contributed by atoms with Crippen molar-refractivity contribution in [2.75, 3.05) is 6.54 Å². The van der Waals surface area contributed by atoms with Gasteiger partial charge in [-0.1, -0.05) is 0 Å². The molecule has 20 heavy (non-hydrogen) atoms. The average molecular weight is 321 g/mol. The molecular formula is C13H21ClN2O3S. The Kier molecular flexibility index (Phi) is 5.08. The number of benzene rings is 1. The van der Waals surface area contributed by atoms with E-state index in [1.165, 1.54) is 0 Å². The quantitative estimate of drug-likeness (QED) is 0.879. The van der Waals surface area contributed by atoms with Crippen molar-refractivity contribution in [1.82, 2.24) is 4.72 Å². The zero-order chi connectivity index (χ0) is 14.3. The predicted octanol–water partition coefficient (Wildman–Crippen LogP) is 1.45. The zero-order valence-electron chi connectivity index (χ0n) is 11.8. The second-order valence-corrected chi connectivity index (χ2v) is 7.48. The molecule has 0 spiro atoms.